The lowest BCUT2D eigenvalue weighted by atomic mass is 10.2. The van der Waals surface area contributed by atoms with Gasteiger partial charge in [-0.3, -0.25) is 9.69 Å². The van der Waals surface area contributed by atoms with Crippen molar-refractivity contribution < 1.29 is 18.7 Å². The molecule has 0 fully saturated rings. The average molecular weight is 470 g/mol. The SMILES string of the molecule is O=C(NCCN(C(=O)Nc1ccccc1)c1ccc(Oc2ccccc2)cc1)c1ccc(F)cc1. The molecule has 35 heavy (non-hydrogen) atoms. The third-order valence-electron chi connectivity index (χ3n) is 5.12. The van der Waals surface area contributed by atoms with Crippen LogP contribution in [0.25, 0.3) is 0 Å². The summed E-state index contributed by atoms with van der Waals surface area (Å²) in [6.45, 7) is 0.408. The van der Waals surface area contributed by atoms with Crippen molar-refractivity contribution in [2.45, 2.75) is 0 Å². The van der Waals surface area contributed by atoms with Crippen molar-refractivity contribution in [3.8, 4) is 11.5 Å². The van der Waals surface area contributed by atoms with Gasteiger partial charge in [0.05, 0.1) is 0 Å². The maximum atomic E-state index is 13.1. The van der Waals surface area contributed by atoms with Crippen LogP contribution in [0.3, 0.4) is 0 Å². The van der Waals surface area contributed by atoms with E-state index in [2.05, 4.69) is 10.6 Å². The van der Waals surface area contributed by atoms with E-state index in [9.17, 15) is 14.0 Å². The summed E-state index contributed by atoms with van der Waals surface area (Å²) < 4.78 is 19.0. The molecule has 0 aliphatic heterocycles. The van der Waals surface area contributed by atoms with Crippen LogP contribution in [-0.2, 0) is 0 Å². The Morgan fingerprint density at radius 1 is 0.743 bits per heavy atom. The number of anilines is 2. The van der Waals surface area contributed by atoms with Crippen LogP contribution >= 0.6 is 0 Å². The number of amides is 3. The van der Waals surface area contributed by atoms with Gasteiger partial charge >= 0.3 is 6.03 Å². The normalized spacial score (nSPS) is 10.3. The molecule has 0 bridgehead atoms. The van der Waals surface area contributed by atoms with Crippen molar-refractivity contribution in [3.63, 3.8) is 0 Å². The Bertz CT molecular complexity index is 1250. The number of hydrogen-bond donors (Lipinski definition) is 2. The number of benzene rings is 4. The van der Waals surface area contributed by atoms with Crippen molar-refractivity contribution in [3.05, 3.63) is 121 Å². The lowest BCUT2D eigenvalue weighted by molar-refractivity contribution is 0.0954. The molecular formula is C28H24FN3O3. The van der Waals surface area contributed by atoms with E-state index in [0.717, 1.165) is 0 Å². The van der Waals surface area contributed by atoms with Crippen molar-refractivity contribution in [1.82, 2.24) is 5.32 Å². The maximum Gasteiger partial charge on any atom is 0.326 e. The van der Waals surface area contributed by atoms with Gasteiger partial charge < -0.3 is 15.4 Å². The van der Waals surface area contributed by atoms with Gasteiger partial charge in [-0.2, -0.15) is 0 Å². The van der Waals surface area contributed by atoms with E-state index in [1.54, 1.807) is 36.4 Å². The second-order valence-electron chi connectivity index (χ2n) is 7.62. The number of carbonyl (C=O) groups excluding carboxylic acids is 2. The van der Waals surface area contributed by atoms with Gasteiger partial charge in [-0.1, -0.05) is 36.4 Å². The van der Waals surface area contributed by atoms with E-state index in [1.807, 2.05) is 48.5 Å². The Morgan fingerprint density at radius 3 is 2.00 bits per heavy atom. The fraction of sp³-hybridized carbons (Fsp3) is 0.0714. The first-order chi connectivity index (χ1) is 17.1. The molecule has 0 aliphatic carbocycles. The Kier molecular flexibility index (Phi) is 7.70. The number of carbonyl (C=O) groups is 2. The molecule has 4 aromatic rings. The van der Waals surface area contributed by atoms with Crippen molar-refractivity contribution in [1.29, 1.82) is 0 Å². The minimum Gasteiger partial charge on any atom is -0.457 e. The van der Waals surface area contributed by atoms with Gasteiger partial charge in [0.25, 0.3) is 5.91 Å². The van der Waals surface area contributed by atoms with Gasteiger partial charge in [-0.05, 0) is 72.8 Å². The molecule has 0 unspecified atom stereocenters. The summed E-state index contributed by atoms with van der Waals surface area (Å²) in [5.74, 6) is 0.584. The summed E-state index contributed by atoms with van der Waals surface area (Å²) in [6.07, 6.45) is 0. The molecule has 6 nitrogen and oxygen atoms in total. The molecule has 7 heteroatoms. The summed E-state index contributed by atoms with van der Waals surface area (Å²) in [7, 11) is 0. The largest absolute Gasteiger partial charge is 0.457 e. The van der Waals surface area contributed by atoms with Crippen LogP contribution in [0.1, 0.15) is 10.4 Å². The molecule has 4 rings (SSSR count). The molecule has 0 aromatic heterocycles. The molecule has 176 valence electrons. The maximum absolute atomic E-state index is 13.1. The van der Waals surface area contributed by atoms with E-state index in [-0.39, 0.29) is 25.0 Å². The number of nitrogens with zero attached hydrogens (tertiary/aromatic N) is 1. The lowest BCUT2D eigenvalue weighted by Crippen LogP contribution is -2.41. The van der Waals surface area contributed by atoms with Crippen molar-refractivity contribution in [2.24, 2.45) is 0 Å². The van der Waals surface area contributed by atoms with Gasteiger partial charge in [0.2, 0.25) is 0 Å². The average Bonchev–Trinajstić information content (AvgIpc) is 2.89. The molecule has 0 heterocycles. The topological polar surface area (TPSA) is 70.7 Å². The number of ether oxygens (including phenoxy) is 1. The first kappa shape index (κ1) is 23.5. The standard InChI is InChI=1S/C28H24FN3O3/c29-22-13-11-21(12-14-22)27(33)30-19-20-32(28(34)31-23-7-3-1-4-8-23)24-15-17-26(18-16-24)35-25-9-5-2-6-10-25/h1-18H,19-20H2,(H,30,33)(H,31,34). The highest BCUT2D eigenvalue weighted by Crippen LogP contribution is 2.25. The molecular weight excluding hydrogens is 445 g/mol. The third-order valence-corrected chi connectivity index (χ3v) is 5.12. The summed E-state index contributed by atoms with van der Waals surface area (Å²) in [4.78, 5) is 27.0. The zero-order valence-electron chi connectivity index (χ0n) is 18.9. The second-order valence-corrected chi connectivity index (χ2v) is 7.62. The molecule has 3 amide bonds. The smallest absolute Gasteiger partial charge is 0.326 e. The molecule has 4 aromatic carbocycles. The highest BCUT2D eigenvalue weighted by Gasteiger charge is 2.17. The van der Waals surface area contributed by atoms with Crippen LogP contribution in [0.2, 0.25) is 0 Å². The Morgan fingerprint density at radius 2 is 1.34 bits per heavy atom. The number of halogens is 1. The predicted octanol–water partition coefficient (Wildman–Crippen LogP) is 6.09. The summed E-state index contributed by atoms with van der Waals surface area (Å²) in [5, 5.41) is 5.65. The summed E-state index contributed by atoms with van der Waals surface area (Å²) in [6, 6.07) is 30.6. The van der Waals surface area contributed by atoms with E-state index >= 15 is 0 Å². The molecule has 0 saturated carbocycles. The minimum absolute atomic E-state index is 0.195. The molecule has 0 atom stereocenters. The first-order valence-electron chi connectivity index (χ1n) is 11.1. The summed E-state index contributed by atoms with van der Waals surface area (Å²) in [5.41, 5.74) is 1.63. The van der Waals surface area contributed by atoms with Gasteiger partial charge in [-0.25, -0.2) is 9.18 Å². The van der Waals surface area contributed by atoms with Gasteiger partial charge in [0.1, 0.15) is 17.3 Å². The van der Waals surface area contributed by atoms with Gasteiger partial charge in [0.15, 0.2) is 0 Å². The number of para-hydroxylation sites is 2. The highest BCUT2D eigenvalue weighted by molar-refractivity contribution is 6.02. The molecule has 2 N–H and O–H groups in total. The van der Waals surface area contributed by atoms with Gasteiger partial charge in [0, 0.05) is 30.0 Å². The molecule has 0 spiro atoms. The first-order valence-corrected chi connectivity index (χ1v) is 11.1. The lowest BCUT2D eigenvalue weighted by Gasteiger charge is -2.24. The zero-order valence-corrected chi connectivity index (χ0v) is 18.9. The van der Waals surface area contributed by atoms with Crippen LogP contribution in [0.15, 0.2) is 109 Å². The van der Waals surface area contributed by atoms with Crippen LogP contribution in [-0.4, -0.2) is 25.0 Å². The van der Waals surface area contributed by atoms with E-state index < -0.39 is 5.82 Å². The Hall–Kier alpha value is -4.65. The third kappa shape index (κ3) is 6.68. The molecule has 0 saturated heterocycles. The molecule has 0 radical (unpaired) electrons. The van der Waals surface area contributed by atoms with E-state index in [1.165, 1.54) is 29.2 Å². The Balaban J connectivity index is 1.45. The van der Waals surface area contributed by atoms with Crippen LogP contribution < -0.4 is 20.3 Å². The van der Waals surface area contributed by atoms with Crippen LogP contribution in [0.5, 0.6) is 11.5 Å². The predicted molar refractivity (Wildman–Crippen MR) is 134 cm³/mol. The fourth-order valence-corrected chi connectivity index (χ4v) is 3.36. The Labute approximate surface area is 203 Å². The monoisotopic (exact) mass is 469 g/mol. The van der Waals surface area contributed by atoms with Gasteiger partial charge in [-0.15, -0.1) is 0 Å². The number of hydrogen-bond acceptors (Lipinski definition) is 3. The highest BCUT2D eigenvalue weighted by atomic mass is 19.1. The zero-order chi connectivity index (χ0) is 24.5. The summed E-state index contributed by atoms with van der Waals surface area (Å²) >= 11 is 0. The van der Waals surface area contributed by atoms with E-state index in [4.69, 9.17) is 4.74 Å². The molecule has 0 aliphatic rings. The van der Waals surface area contributed by atoms with Crippen molar-refractivity contribution >= 4 is 23.3 Å². The minimum atomic E-state index is -0.412. The van der Waals surface area contributed by atoms with Crippen LogP contribution in [0, 0.1) is 5.82 Å². The number of urea groups is 1. The quantitative estimate of drug-likeness (QED) is 0.328. The fourth-order valence-electron chi connectivity index (χ4n) is 3.36. The second kappa shape index (κ2) is 11.5. The number of rotatable bonds is 8. The van der Waals surface area contributed by atoms with Crippen LogP contribution in [0.4, 0.5) is 20.6 Å². The van der Waals surface area contributed by atoms with Crippen molar-refractivity contribution in [2.75, 3.05) is 23.3 Å². The number of nitrogens with one attached hydrogen (secondary N) is 2. The van der Waals surface area contributed by atoms with E-state index in [0.29, 0.717) is 28.4 Å².